The predicted molar refractivity (Wildman–Crippen MR) is 400 cm³/mol. The van der Waals surface area contributed by atoms with Crippen LogP contribution in [0.4, 0.5) is 0 Å². The van der Waals surface area contributed by atoms with Crippen molar-refractivity contribution >= 4 is 51.3 Å². The van der Waals surface area contributed by atoms with E-state index in [-0.39, 0.29) is 266 Å². The van der Waals surface area contributed by atoms with E-state index < -0.39 is 39.2 Å². The van der Waals surface area contributed by atoms with Crippen LogP contribution in [0, 0.1) is 27.1 Å². The summed E-state index contributed by atoms with van der Waals surface area (Å²) >= 11 is 0. The van der Waals surface area contributed by atoms with Gasteiger partial charge in [-0.2, -0.15) is 0 Å². The van der Waals surface area contributed by atoms with Crippen molar-refractivity contribution in [1.82, 2.24) is 0 Å². The molecular formula is C75H125NaO28P2. The van der Waals surface area contributed by atoms with Crippen LogP contribution in [0.5, 0.6) is 0 Å². The van der Waals surface area contributed by atoms with Crippen LogP contribution in [0.15, 0.2) is 84.9 Å². The van der Waals surface area contributed by atoms with Crippen LogP contribution in [0.2, 0.25) is 0 Å². The summed E-state index contributed by atoms with van der Waals surface area (Å²) < 4.78 is 91.1. The maximum atomic E-state index is 13.0. The summed E-state index contributed by atoms with van der Waals surface area (Å²) in [5, 5.41) is 97.6. The number of carbonyl (C=O) groups is 2. The minimum absolute atomic E-state index is 0. The Morgan fingerprint density at radius 2 is 0.670 bits per heavy atom. The molecule has 0 saturated carbocycles. The molecule has 0 bridgehead atoms. The summed E-state index contributed by atoms with van der Waals surface area (Å²) in [5.74, 6) is -0.891. The molecule has 0 aliphatic carbocycles. The van der Waals surface area contributed by atoms with Gasteiger partial charge in [0.1, 0.15) is 18.8 Å². The van der Waals surface area contributed by atoms with E-state index in [2.05, 4.69) is 24.8 Å². The summed E-state index contributed by atoms with van der Waals surface area (Å²) in [4.78, 5) is 25.6. The Balaban J connectivity index is 0.00000101. The number of rotatable bonds is 61. The SMILES string of the molecule is CCC(CO)(CO)COCCOCCOCC(COCCOCC(CC)(CO)CO)(COCCOC(=O)c1cccc2ccccc12)COCCOC(CC)(CO)CO.CCC1(CO)COC1.O=C(OCCOCC(COCCO)(COCCO)COCCOCCO)c1cccc2ccccc12.[Na+].[PH-]P. The van der Waals surface area contributed by atoms with Gasteiger partial charge in [0.25, 0.3) is 0 Å². The average molecular weight is 1560 g/mol. The summed E-state index contributed by atoms with van der Waals surface area (Å²) in [6, 6.07) is 26.1. The van der Waals surface area contributed by atoms with Gasteiger partial charge in [0.15, 0.2) is 0 Å². The van der Waals surface area contributed by atoms with Crippen molar-refractivity contribution in [2.45, 2.75) is 59.0 Å². The molecular weight excluding hydrogens is 1430 g/mol. The Morgan fingerprint density at radius 1 is 0.377 bits per heavy atom. The first-order chi connectivity index (χ1) is 51.1. The minimum atomic E-state index is -1.08. The quantitative estimate of drug-likeness (QED) is 0.0129. The van der Waals surface area contributed by atoms with Gasteiger partial charge in [0, 0.05) is 16.2 Å². The molecule has 0 radical (unpaired) electrons. The second-order valence-corrected chi connectivity index (χ2v) is 25.8. The number of carbonyl (C=O) groups excluding carboxylic acids is 2. The molecule has 1 saturated heterocycles. The van der Waals surface area contributed by atoms with E-state index in [1.807, 2.05) is 93.6 Å². The zero-order valence-corrected chi connectivity index (χ0v) is 67.5. The van der Waals surface area contributed by atoms with E-state index in [0.717, 1.165) is 41.2 Å². The molecule has 5 rings (SSSR count). The first-order valence-electron chi connectivity index (χ1n) is 35.9. The minimum Gasteiger partial charge on any atom is -0.533 e. The van der Waals surface area contributed by atoms with E-state index in [0.29, 0.717) is 43.6 Å². The standard InChI is InChI=1S/C43H72O16.C26H38O10.C6H12O2.Na.H3P2/c1-4-40(24-44,25-45)30-52-16-14-51-15-17-54-32-42(35-57-21-23-59-43(6-3,28-48)29-49,33-55-19-18-53-31-41(5-2,26-46)27-47)34-56-20-22-58-39(50)38-13-9-11-36-10-7-8-12-37(36)38;27-8-11-31-14-15-34-20-26(18-32-12-9-28,19-33-13-10-29)21-35-16-17-36-25(30)24-7-3-5-22-4-1-2-6-23(22)24;1-2-6(3-7)4-8-5-6;;1-2/h7-13,44-49H,4-6,14-35H2,1-3H3;1-7,27-29H,8-21H2;7H,2-5H2,1H3;;1H,2H2/q;;;+1;-1. The number of fused-ring (bicyclic) bond motifs is 2. The molecule has 0 aromatic heterocycles. The zero-order chi connectivity index (χ0) is 77.2. The number of aliphatic hydroxyl groups is 10. The third-order valence-electron chi connectivity index (χ3n) is 17.8. The van der Waals surface area contributed by atoms with Gasteiger partial charge >= 0.3 is 41.5 Å². The molecule has 2 atom stereocenters. The van der Waals surface area contributed by atoms with Crippen LogP contribution in [-0.4, -0.2) is 326 Å². The van der Waals surface area contributed by atoms with E-state index >= 15 is 0 Å². The Morgan fingerprint density at radius 3 is 0.953 bits per heavy atom. The number of ether oxygens (including phenoxy) is 16. The maximum Gasteiger partial charge on any atom is 1.00 e. The molecule has 1 aliphatic heterocycles. The van der Waals surface area contributed by atoms with Gasteiger partial charge in [-0.1, -0.05) is 100 Å². The molecule has 0 amide bonds. The van der Waals surface area contributed by atoms with Gasteiger partial charge in [-0.05, 0) is 59.4 Å². The van der Waals surface area contributed by atoms with Crippen molar-refractivity contribution in [3.63, 3.8) is 0 Å². The van der Waals surface area contributed by atoms with Crippen molar-refractivity contribution in [2.24, 2.45) is 27.1 Å². The predicted octanol–water partition coefficient (Wildman–Crippen LogP) is 1.38. The van der Waals surface area contributed by atoms with Crippen LogP contribution in [0.1, 0.15) is 74.1 Å². The first-order valence-corrected chi connectivity index (χ1v) is 38.3. The van der Waals surface area contributed by atoms with Crippen LogP contribution in [0.3, 0.4) is 0 Å². The van der Waals surface area contributed by atoms with Crippen molar-refractivity contribution < 1.29 is 166 Å². The summed E-state index contributed by atoms with van der Waals surface area (Å²) in [6.45, 7) is 12.2. The zero-order valence-electron chi connectivity index (χ0n) is 63.4. The molecule has 106 heavy (non-hydrogen) atoms. The molecule has 4 aromatic rings. The van der Waals surface area contributed by atoms with E-state index in [9.17, 15) is 40.2 Å². The summed E-state index contributed by atoms with van der Waals surface area (Å²) in [5.41, 5.74) is -3.02. The molecule has 4 aromatic carbocycles. The Bertz CT molecular complexity index is 2720. The second kappa shape index (κ2) is 61.8. The topological polar surface area (TPSA) is 384 Å². The molecule has 31 heteroatoms. The normalized spacial score (nSPS) is 13.5. The fraction of sp³-hybridized carbons (Fsp3) is 0.707. The largest absolute Gasteiger partial charge is 1.00 e. The molecule has 2 unspecified atom stereocenters. The molecule has 10 N–H and O–H groups in total. The van der Waals surface area contributed by atoms with Gasteiger partial charge in [-0.15, -0.1) is 0 Å². The van der Waals surface area contributed by atoms with Gasteiger partial charge < -0.3 is 145 Å². The third-order valence-corrected chi connectivity index (χ3v) is 17.8. The number of aliphatic hydroxyl groups excluding tert-OH is 10. The van der Waals surface area contributed by atoms with Crippen molar-refractivity contribution in [3.8, 4) is 0 Å². The fourth-order valence-corrected chi connectivity index (χ4v) is 10.1. The van der Waals surface area contributed by atoms with Crippen molar-refractivity contribution in [2.75, 3.05) is 258 Å². The van der Waals surface area contributed by atoms with Gasteiger partial charge in [0.05, 0.1) is 266 Å². The Kier molecular flexibility index (Phi) is 59.0. The molecule has 28 nitrogen and oxygen atoms in total. The van der Waals surface area contributed by atoms with Gasteiger partial charge in [0.2, 0.25) is 0 Å². The molecule has 1 aliphatic rings. The van der Waals surface area contributed by atoms with E-state index in [1.165, 1.54) is 0 Å². The van der Waals surface area contributed by atoms with Crippen LogP contribution in [-0.2, 0) is 75.8 Å². The smallest absolute Gasteiger partial charge is 0.533 e. The van der Waals surface area contributed by atoms with Crippen molar-refractivity contribution in [3.05, 3.63) is 96.1 Å². The number of benzene rings is 4. The van der Waals surface area contributed by atoms with Gasteiger partial charge in [-0.25, -0.2) is 9.59 Å². The monoisotopic (exact) mass is 1560 g/mol. The summed E-state index contributed by atoms with van der Waals surface area (Å²) in [7, 11) is 5.11. The van der Waals surface area contributed by atoms with Gasteiger partial charge in [-0.3, -0.25) is 0 Å². The van der Waals surface area contributed by atoms with Crippen LogP contribution < -0.4 is 29.6 Å². The number of hydrogen-bond acceptors (Lipinski definition) is 28. The van der Waals surface area contributed by atoms with Crippen LogP contribution in [0.25, 0.3) is 21.5 Å². The number of hydrogen-bond donors (Lipinski definition) is 10. The molecule has 0 spiro atoms. The molecule has 1 fully saturated rings. The van der Waals surface area contributed by atoms with Crippen LogP contribution >= 0.6 is 17.9 Å². The Labute approximate surface area is 653 Å². The Hall–Kier alpha value is -2.76. The van der Waals surface area contributed by atoms with Crippen molar-refractivity contribution in [1.29, 1.82) is 0 Å². The second-order valence-electron chi connectivity index (χ2n) is 25.8. The summed E-state index contributed by atoms with van der Waals surface area (Å²) in [6.07, 6.45) is 2.55. The fourth-order valence-electron chi connectivity index (χ4n) is 10.1. The van der Waals surface area contributed by atoms with E-state index in [4.69, 9.17) is 96.2 Å². The maximum absolute atomic E-state index is 13.0. The van der Waals surface area contributed by atoms with E-state index in [1.54, 1.807) is 12.1 Å². The molecule has 1 heterocycles. The first kappa shape index (κ1) is 101. The molecule has 604 valence electrons. The average Bonchev–Trinajstić information content (AvgIpc) is 0.812. The third kappa shape index (κ3) is 38.6. The number of esters is 2.